The molecule has 1 aromatic heterocycles. The van der Waals surface area contributed by atoms with Crippen molar-refractivity contribution in [1.29, 1.82) is 0 Å². The molecule has 1 N–H and O–H groups in total. The Labute approximate surface area is 145 Å². The number of carbonyl (C=O) groups excluding carboxylic acids is 1. The van der Waals surface area contributed by atoms with Crippen molar-refractivity contribution in [3.8, 4) is 22.6 Å². The Morgan fingerprint density at radius 3 is 2.80 bits per heavy atom. The summed E-state index contributed by atoms with van der Waals surface area (Å²) in [6, 6.07) is 16.6. The highest BCUT2D eigenvalue weighted by molar-refractivity contribution is 5.89. The number of pyridine rings is 1. The second-order valence-corrected chi connectivity index (χ2v) is 5.68. The van der Waals surface area contributed by atoms with Gasteiger partial charge in [0.05, 0.1) is 6.61 Å². The molecule has 0 unspecified atom stereocenters. The molecule has 1 aliphatic rings. The molecule has 25 heavy (non-hydrogen) atoms. The first-order valence-electron chi connectivity index (χ1n) is 8.03. The van der Waals surface area contributed by atoms with Crippen molar-refractivity contribution in [2.45, 2.75) is 6.42 Å². The van der Waals surface area contributed by atoms with Crippen LogP contribution in [0.3, 0.4) is 0 Å². The highest BCUT2D eigenvalue weighted by Crippen LogP contribution is 2.39. The minimum atomic E-state index is -0.526. The molecular formula is C20H16N2O3. The van der Waals surface area contributed by atoms with Crippen LogP contribution in [-0.2, 0) is 6.42 Å². The van der Waals surface area contributed by atoms with E-state index < -0.39 is 6.09 Å². The van der Waals surface area contributed by atoms with Crippen LogP contribution in [0.5, 0.6) is 11.5 Å². The van der Waals surface area contributed by atoms with E-state index in [4.69, 9.17) is 9.47 Å². The van der Waals surface area contributed by atoms with Crippen LogP contribution in [0.4, 0.5) is 10.5 Å². The van der Waals surface area contributed by atoms with Crippen LogP contribution < -0.4 is 14.8 Å². The van der Waals surface area contributed by atoms with Crippen molar-refractivity contribution < 1.29 is 14.3 Å². The van der Waals surface area contributed by atoms with E-state index in [1.807, 2.05) is 42.5 Å². The molecule has 2 heterocycles. The number of hydrogen-bond acceptors (Lipinski definition) is 4. The lowest BCUT2D eigenvalue weighted by Gasteiger charge is -2.12. The highest BCUT2D eigenvalue weighted by atomic mass is 16.6. The van der Waals surface area contributed by atoms with Gasteiger partial charge in [-0.05, 0) is 30.3 Å². The second-order valence-electron chi connectivity index (χ2n) is 5.68. The molecule has 0 saturated carbocycles. The maximum atomic E-state index is 12.2. The maximum absolute atomic E-state index is 12.2. The second kappa shape index (κ2) is 6.65. The average molecular weight is 332 g/mol. The van der Waals surface area contributed by atoms with Crippen molar-refractivity contribution in [2.75, 3.05) is 11.9 Å². The number of fused-ring (bicyclic) bond motifs is 1. The molecule has 1 aliphatic heterocycles. The molecule has 0 atom stereocenters. The van der Waals surface area contributed by atoms with E-state index in [1.54, 1.807) is 24.5 Å². The Bertz CT molecular complexity index is 896. The van der Waals surface area contributed by atoms with E-state index in [-0.39, 0.29) is 0 Å². The summed E-state index contributed by atoms with van der Waals surface area (Å²) in [6.45, 7) is 0.639. The zero-order valence-corrected chi connectivity index (χ0v) is 13.4. The van der Waals surface area contributed by atoms with E-state index in [0.717, 1.165) is 28.9 Å². The molecule has 0 bridgehead atoms. The monoisotopic (exact) mass is 332 g/mol. The molecule has 5 heteroatoms. The summed E-state index contributed by atoms with van der Waals surface area (Å²) in [5, 5.41) is 2.79. The fourth-order valence-electron chi connectivity index (χ4n) is 2.86. The summed E-state index contributed by atoms with van der Waals surface area (Å²) < 4.78 is 11.1. The third-order valence-corrected chi connectivity index (χ3v) is 3.96. The summed E-state index contributed by atoms with van der Waals surface area (Å²) in [7, 11) is 0. The van der Waals surface area contributed by atoms with Gasteiger partial charge in [0.15, 0.2) is 0 Å². The minimum absolute atomic E-state index is 0.497. The number of carbonyl (C=O) groups is 1. The summed E-state index contributed by atoms with van der Waals surface area (Å²) in [4.78, 5) is 16.3. The van der Waals surface area contributed by atoms with Crippen molar-refractivity contribution in [1.82, 2.24) is 4.98 Å². The molecule has 2 aromatic carbocycles. The molecule has 0 spiro atoms. The van der Waals surface area contributed by atoms with E-state index in [0.29, 0.717) is 18.0 Å². The fourth-order valence-corrected chi connectivity index (χ4v) is 2.86. The average Bonchev–Trinajstić information content (AvgIpc) is 3.11. The van der Waals surface area contributed by atoms with Crippen molar-refractivity contribution in [2.24, 2.45) is 0 Å². The number of aromatic nitrogens is 1. The Kier molecular flexibility index (Phi) is 4.04. The molecule has 0 saturated heterocycles. The molecule has 4 rings (SSSR count). The number of ether oxygens (including phenoxy) is 2. The van der Waals surface area contributed by atoms with Gasteiger partial charge in [-0.3, -0.25) is 10.3 Å². The van der Waals surface area contributed by atoms with Crippen LogP contribution in [-0.4, -0.2) is 17.7 Å². The number of anilines is 1. The van der Waals surface area contributed by atoms with Crippen LogP contribution >= 0.6 is 0 Å². The van der Waals surface area contributed by atoms with Crippen LogP contribution in [0.2, 0.25) is 0 Å². The lowest BCUT2D eigenvalue weighted by atomic mass is 10.0. The van der Waals surface area contributed by atoms with Gasteiger partial charge in [0.25, 0.3) is 0 Å². The molecular weight excluding hydrogens is 316 g/mol. The van der Waals surface area contributed by atoms with Crippen LogP contribution in [0, 0.1) is 0 Å². The van der Waals surface area contributed by atoms with Gasteiger partial charge in [-0.25, -0.2) is 4.79 Å². The largest absolute Gasteiger partial charge is 0.492 e. The lowest BCUT2D eigenvalue weighted by Crippen LogP contribution is -2.16. The van der Waals surface area contributed by atoms with Crippen molar-refractivity contribution in [3.63, 3.8) is 0 Å². The Hall–Kier alpha value is -3.34. The third kappa shape index (κ3) is 3.30. The molecule has 1 amide bonds. The van der Waals surface area contributed by atoms with Gasteiger partial charge in [0.2, 0.25) is 0 Å². The number of amides is 1. The van der Waals surface area contributed by atoms with Gasteiger partial charge in [-0.15, -0.1) is 0 Å². The first-order valence-corrected chi connectivity index (χ1v) is 8.03. The molecule has 0 radical (unpaired) electrons. The Morgan fingerprint density at radius 1 is 1.12 bits per heavy atom. The van der Waals surface area contributed by atoms with Gasteiger partial charge in [-0.2, -0.15) is 0 Å². The zero-order valence-electron chi connectivity index (χ0n) is 13.4. The van der Waals surface area contributed by atoms with Gasteiger partial charge in [0, 0.05) is 41.2 Å². The summed E-state index contributed by atoms with van der Waals surface area (Å²) in [6.07, 6.45) is 3.79. The standard InChI is InChI=1S/C20H16N2O3/c23-20(25-17-6-2-1-3-7-17)22-16-11-14-8-10-24-19(14)18(12-16)15-5-4-9-21-13-15/h1-7,9,11-13H,8,10H2,(H,22,23). The first kappa shape index (κ1) is 15.2. The van der Waals surface area contributed by atoms with Crippen LogP contribution in [0.25, 0.3) is 11.1 Å². The van der Waals surface area contributed by atoms with Crippen LogP contribution in [0.15, 0.2) is 67.0 Å². The Morgan fingerprint density at radius 2 is 2.00 bits per heavy atom. The topological polar surface area (TPSA) is 60.5 Å². The highest BCUT2D eigenvalue weighted by Gasteiger charge is 2.20. The fraction of sp³-hybridized carbons (Fsp3) is 0.100. The van der Waals surface area contributed by atoms with E-state index >= 15 is 0 Å². The van der Waals surface area contributed by atoms with Crippen molar-refractivity contribution in [3.05, 3.63) is 72.6 Å². The number of para-hydroxylation sites is 1. The smallest absolute Gasteiger partial charge is 0.417 e. The van der Waals surface area contributed by atoms with Crippen molar-refractivity contribution >= 4 is 11.8 Å². The molecule has 0 fully saturated rings. The zero-order chi connectivity index (χ0) is 17.1. The van der Waals surface area contributed by atoms with E-state index in [1.165, 1.54) is 0 Å². The van der Waals surface area contributed by atoms with Gasteiger partial charge in [0.1, 0.15) is 11.5 Å². The quantitative estimate of drug-likeness (QED) is 0.777. The van der Waals surface area contributed by atoms with Crippen LogP contribution in [0.1, 0.15) is 5.56 Å². The van der Waals surface area contributed by atoms with Gasteiger partial charge < -0.3 is 9.47 Å². The minimum Gasteiger partial charge on any atom is -0.492 e. The normalized spacial score (nSPS) is 12.2. The number of nitrogens with zero attached hydrogens (tertiary/aromatic N) is 1. The summed E-state index contributed by atoms with van der Waals surface area (Å²) in [5.74, 6) is 1.35. The number of hydrogen-bond donors (Lipinski definition) is 1. The van der Waals surface area contributed by atoms with E-state index in [2.05, 4.69) is 10.3 Å². The SMILES string of the molecule is O=C(Nc1cc2c(c(-c3cccnc3)c1)OCC2)Oc1ccccc1. The third-order valence-electron chi connectivity index (χ3n) is 3.96. The Balaban J connectivity index is 1.61. The number of rotatable bonds is 3. The number of nitrogens with one attached hydrogen (secondary N) is 1. The van der Waals surface area contributed by atoms with Gasteiger partial charge in [-0.1, -0.05) is 24.3 Å². The first-order chi connectivity index (χ1) is 12.3. The van der Waals surface area contributed by atoms with E-state index in [9.17, 15) is 4.79 Å². The summed E-state index contributed by atoms with van der Waals surface area (Å²) >= 11 is 0. The molecule has 124 valence electrons. The maximum Gasteiger partial charge on any atom is 0.417 e. The predicted molar refractivity (Wildman–Crippen MR) is 95.0 cm³/mol. The molecule has 0 aliphatic carbocycles. The number of benzene rings is 2. The summed E-state index contributed by atoms with van der Waals surface area (Å²) in [5.41, 5.74) is 3.60. The lowest BCUT2D eigenvalue weighted by molar-refractivity contribution is 0.215. The molecule has 3 aromatic rings. The molecule has 5 nitrogen and oxygen atoms in total. The van der Waals surface area contributed by atoms with Gasteiger partial charge >= 0.3 is 6.09 Å². The predicted octanol–water partition coefficient (Wildman–Crippen LogP) is 4.29.